The predicted octanol–water partition coefficient (Wildman–Crippen LogP) is 5.80. The van der Waals surface area contributed by atoms with Crippen LogP contribution in [-0.2, 0) is 13.0 Å². The molecule has 0 saturated carbocycles. The fraction of sp³-hybridized carbons (Fsp3) is 0.577. The summed E-state index contributed by atoms with van der Waals surface area (Å²) in [5.74, 6) is 2.59. The first-order valence-electron chi connectivity index (χ1n) is 12.1. The summed E-state index contributed by atoms with van der Waals surface area (Å²) in [5, 5.41) is 7.00. The fourth-order valence-corrected chi connectivity index (χ4v) is 4.37. The quantitative estimate of drug-likeness (QED) is 0.315. The molecule has 2 aromatic rings. The van der Waals surface area contributed by atoms with Crippen molar-refractivity contribution in [3.05, 3.63) is 66.0 Å². The molecule has 33 heavy (non-hydrogen) atoms. The number of thioether (sulfide) groups is 1. The third kappa shape index (κ3) is 22.5. The second kappa shape index (κ2) is 28.9. The molecule has 1 aromatic carbocycles. The topological polar surface area (TPSA) is 74.4 Å². The maximum atomic E-state index is 7.00. The Hall–Kier alpha value is -1.09. The lowest BCUT2D eigenvalue weighted by Gasteiger charge is -2.24. The standard InChI is InChI=1S/C9H20N2S2.C8H12N2.C6H6.C2H6.CH4O/c1-2-3-4-5-10-13-11-6-8-12-9-7-11;1-2-8-5-7(6-9)3-4-10-8;1-2-4-6-5-3-1;2*1-2/h10H,2-9H2,1H3;3-5H,2,6,9H2,1H3;1-6H;1-2H3;2H,1H3. The molecule has 1 aliphatic rings. The summed E-state index contributed by atoms with van der Waals surface area (Å²) >= 11 is 3.88. The van der Waals surface area contributed by atoms with Crippen LogP contribution in [0.15, 0.2) is 54.7 Å². The van der Waals surface area contributed by atoms with Crippen molar-refractivity contribution >= 4 is 23.9 Å². The van der Waals surface area contributed by atoms with E-state index in [1.54, 1.807) is 6.20 Å². The Morgan fingerprint density at radius 2 is 1.61 bits per heavy atom. The number of hydrogen-bond acceptors (Lipinski definition) is 7. The summed E-state index contributed by atoms with van der Waals surface area (Å²) in [4.78, 5) is 4.15. The first kappa shape index (κ1) is 34.1. The Balaban J connectivity index is 0. The van der Waals surface area contributed by atoms with E-state index in [9.17, 15) is 0 Å². The molecule has 1 fully saturated rings. The lowest BCUT2D eigenvalue weighted by atomic mass is 10.2. The van der Waals surface area contributed by atoms with Crippen LogP contribution in [0, 0.1) is 0 Å². The Morgan fingerprint density at radius 1 is 1.03 bits per heavy atom. The minimum atomic E-state index is 0.607. The van der Waals surface area contributed by atoms with E-state index in [1.807, 2.05) is 74.5 Å². The van der Waals surface area contributed by atoms with Gasteiger partial charge in [-0.15, -0.1) is 0 Å². The molecule has 5 nitrogen and oxygen atoms in total. The zero-order chi connectivity index (χ0) is 25.0. The lowest BCUT2D eigenvalue weighted by molar-refractivity contribution is 0.399. The van der Waals surface area contributed by atoms with E-state index in [2.05, 4.69) is 39.6 Å². The van der Waals surface area contributed by atoms with Gasteiger partial charge >= 0.3 is 0 Å². The maximum Gasteiger partial charge on any atom is 0.0404 e. The Labute approximate surface area is 212 Å². The number of aliphatic hydroxyl groups excluding tert-OH is 1. The van der Waals surface area contributed by atoms with Gasteiger partial charge in [0.25, 0.3) is 0 Å². The van der Waals surface area contributed by atoms with E-state index in [0.29, 0.717) is 6.54 Å². The summed E-state index contributed by atoms with van der Waals surface area (Å²) in [6.45, 7) is 12.6. The Kier molecular flexibility index (Phi) is 29.9. The SMILES string of the molecule is CC.CCCCCNSN1CCSCC1.CCc1cc(CN)ccn1.CO.c1ccccc1. The normalized spacial score (nSPS) is 12.3. The molecule has 1 aliphatic heterocycles. The molecule has 1 aromatic heterocycles. The van der Waals surface area contributed by atoms with Crippen LogP contribution in [0.5, 0.6) is 0 Å². The number of nitrogens with one attached hydrogen (secondary N) is 1. The van der Waals surface area contributed by atoms with Crippen LogP contribution in [0.2, 0.25) is 0 Å². The largest absolute Gasteiger partial charge is 0.400 e. The van der Waals surface area contributed by atoms with Crippen LogP contribution in [-0.4, -0.2) is 52.6 Å². The molecule has 7 heteroatoms. The van der Waals surface area contributed by atoms with Gasteiger partial charge in [-0.05, 0) is 30.5 Å². The maximum absolute atomic E-state index is 7.00. The van der Waals surface area contributed by atoms with Gasteiger partial charge in [0.15, 0.2) is 0 Å². The number of aliphatic hydroxyl groups is 1. The van der Waals surface area contributed by atoms with E-state index >= 15 is 0 Å². The minimum absolute atomic E-state index is 0.607. The summed E-state index contributed by atoms with van der Waals surface area (Å²) < 4.78 is 5.86. The first-order chi connectivity index (χ1) is 16.3. The molecule has 3 rings (SSSR count). The Morgan fingerprint density at radius 3 is 2.09 bits per heavy atom. The molecule has 0 spiro atoms. The third-order valence-electron chi connectivity index (χ3n) is 4.19. The highest BCUT2D eigenvalue weighted by molar-refractivity contribution is 7.99. The van der Waals surface area contributed by atoms with Gasteiger partial charge in [0.2, 0.25) is 0 Å². The number of aromatic nitrogens is 1. The van der Waals surface area contributed by atoms with Gasteiger partial charge in [0.1, 0.15) is 0 Å². The van der Waals surface area contributed by atoms with Crippen molar-refractivity contribution in [3.63, 3.8) is 0 Å². The summed E-state index contributed by atoms with van der Waals surface area (Å²) in [7, 11) is 1.00. The predicted molar refractivity (Wildman–Crippen MR) is 151 cm³/mol. The van der Waals surface area contributed by atoms with Gasteiger partial charge in [-0.2, -0.15) is 11.8 Å². The van der Waals surface area contributed by atoms with Crippen LogP contribution in [0.25, 0.3) is 0 Å². The minimum Gasteiger partial charge on any atom is -0.400 e. The molecular weight excluding hydrogens is 448 g/mol. The van der Waals surface area contributed by atoms with Gasteiger partial charge in [0, 0.05) is 68.8 Å². The smallest absolute Gasteiger partial charge is 0.0404 e. The highest BCUT2D eigenvalue weighted by atomic mass is 32.2. The van der Waals surface area contributed by atoms with Gasteiger partial charge in [-0.25, -0.2) is 4.31 Å². The number of pyridine rings is 1. The van der Waals surface area contributed by atoms with Crippen molar-refractivity contribution in [3.8, 4) is 0 Å². The van der Waals surface area contributed by atoms with Gasteiger partial charge < -0.3 is 10.8 Å². The summed E-state index contributed by atoms with van der Waals surface area (Å²) in [6.07, 6.45) is 6.76. The molecule has 0 aliphatic carbocycles. The van der Waals surface area contributed by atoms with Crippen molar-refractivity contribution < 1.29 is 5.11 Å². The molecular formula is C26H48N4OS2. The number of benzene rings is 1. The third-order valence-corrected chi connectivity index (χ3v) is 6.09. The highest BCUT2D eigenvalue weighted by Gasteiger charge is 2.09. The number of aryl methyl sites for hydroxylation is 1. The second-order valence-corrected chi connectivity index (χ2v) is 8.81. The molecule has 0 unspecified atom stereocenters. The molecule has 2 heterocycles. The molecule has 1 saturated heterocycles. The monoisotopic (exact) mass is 496 g/mol. The molecule has 0 atom stereocenters. The number of nitrogens with two attached hydrogens (primary N) is 1. The number of hydrogen-bond donors (Lipinski definition) is 3. The zero-order valence-electron chi connectivity index (χ0n) is 21.5. The van der Waals surface area contributed by atoms with E-state index < -0.39 is 0 Å². The first-order valence-corrected chi connectivity index (χ1v) is 14.0. The van der Waals surface area contributed by atoms with E-state index in [4.69, 9.17) is 10.8 Å². The van der Waals surface area contributed by atoms with E-state index in [-0.39, 0.29) is 0 Å². The van der Waals surface area contributed by atoms with Crippen molar-refractivity contribution in [1.82, 2.24) is 14.0 Å². The summed E-state index contributed by atoms with van der Waals surface area (Å²) in [6, 6.07) is 16.0. The second-order valence-electron chi connectivity index (χ2n) is 6.60. The fourth-order valence-electron chi connectivity index (χ4n) is 2.46. The van der Waals surface area contributed by atoms with Crippen molar-refractivity contribution in [2.45, 2.75) is 59.9 Å². The molecule has 0 radical (unpaired) electrons. The van der Waals surface area contributed by atoms with E-state index in [1.165, 1.54) is 43.9 Å². The van der Waals surface area contributed by atoms with Crippen LogP contribution >= 0.6 is 23.9 Å². The van der Waals surface area contributed by atoms with Crippen LogP contribution in [0.1, 0.15) is 58.2 Å². The molecule has 4 N–H and O–H groups in total. The summed E-state index contributed by atoms with van der Waals surface area (Å²) in [5.41, 5.74) is 7.72. The lowest BCUT2D eigenvalue weighted by Crippen LogP contribution is -2.29. The Bertz CT molecular complexity index is 554. The molecule has 0 bridgehead atoms. The number of rotatable bonds is 8. The zero-order valence-corrected chi connectivity index (χ0v) is 23.1. The molecule has 0 amide bonds. The number of nitrogens with zero attached hydrogens (tertiary/aromatic N) is 2. The van der Waals surface area contributed by atoms with Crippen LogP contribution in [0.4, 0.5) is 0 Å². The van der Waals surface area contributed by atoms with Crippen LogP contribution < -0.4 is 10.5 Å². The average Bonchev–Trinajstić information content (AvgIpc) is 2.93. The molecule has 190 valence electrons. The van der Waals surface area contributed by atoms with Crippen molar-refractivity contribution in [2.24, 2.45) is 5.73 Å². The van der Waals surface area contributed by atoms with Crippen molar-refractivity contribution in [1.29, 1.82) is 0 Å². The van der Waals surface area contributed by atoms with E-state index in [0.717, 1.165) is 31.3 Å². The van der Waals surface area contributed by atoms with Crippen LogP contribution in [0.3, 0.4) is 0 Å². The van der Waals surface area contributed by atoms with Gasteiger partial charge in [0.05, 0.1) is 0 Å². The highest BCUT2D eigenvalue weighted by Crippen LogP contribution is 2.15. The van der Waals surface area contributed by atoms with Gasteiger partial charge in [-0.1, -0.05) is 76.9 Å². The average molecular weight is 497 g/mol. The number of unbranched alkanes of at least 4 members (excludes halogenated alkanes) is 2. The van der Waals surface area contributed by atoms with Crippen molar-refractivity contribution in [2.75, 3.05) is 38.2 Å². The van der Waals surface area contributed by atoms with Gasteiger partial charge in [-0.3, -0.25) is 9.71 Å².